The third-order valence-electron chi connectivity index (χ3n) is 3.03. The van der Waals surface area contributed by atoms with Crippen LogP contribution in [0.2, 0.25) is 0 Å². The first-order chi connectivity index (χ1) is 9.91. The molecule has 2 aromatic rings. The molecule has 122 valence electrons. The quantitative estimate of drug-likeness (QED) is 0.912. The maximum Gasteiger partial charge on any atom is 0.433 e. The van der Waals surface area contributed by atoms with Gasteiger partial charge in [-0.15, -0.1) is 12.4 Å². The summed E-state index contributed by atoms with van der Waals surface area (Å²) in [6.07, 6.45) is -4.39. The molecule has 0 unspecified atom stereocenters. The molecular formula is C14H17ClF3N3O. The number of rotatable bonds is 5. The maximum atomic E-state index is 12.7. The Morgan fingerprint density at radius 2 is 1.91 bits per heavy atom. The lowest BCUT2D eigenvalue weighted by molar-refractivity contribution is -0.143. The summed E-state index contributed by atoms with van der Waals surface area (Å²) < 4.78 is 44.0. The molecule has 4 nitrogen and oxygen atoms in total. The second kappa shape index (κ2) is 7.51. The zero-order chi connectivity index (χ0) is 15.5. The second-order valence-electron chi connectivity index (χ2n) is 4.56. The van der Waals surface area contributed by atoms with Crippen LogP contribution in [-0.2, 0) is 26.3 Å². The number of nitrogens with one attached hydrogen (secondary N) is 1. The van der Waals surface area contributed by atoms with Crippen molar-refractivity contribution in [2.24, 2.45) is 7.05 Å². The van der Waals surface area contributed by atoms with Gasteiger partial charge < -0.3 is 10.1 Å². The fraction of sp³-hybridized carbons (Fsp3) is 0.357. The summed E-state index contributed by atoms with van der Waals surface area (Å²) in [5, 5.41) is 6.92. The fourth-order valence-corrected chi connectivity index (χ4v) is 2.05. The number of alkyl halides is 3. The first-order valence-electron chi connectivity index (χ1n) is 6.34. The Morgan fingerprint density at radius 1 is 1.23 bits per heavy atom. The van der Waals surface area contributed by atoms with Crippen molar-refractivity contribution in [2.75, 3.05) is 7.11 Å². The summed E-state index contributed by atoms with van der Waals surface area (Å²) in [5.74, 6) is 0.738. The molecule has 0 bridgehead atoms. The molecule has 0 fully saturated rings. The zero-order valence-electron chi connectivity index (χ0n) is 12.1. The molecule has 2 rings (SSSR count). The van der Waals surface area contributed by atoms with Crippen molar-refractivity contribution in [3.8, 4) is 5.75 Å². The molecule has 0 spiro atoms. The molecule has 22 heavy (non-hydrogen) atoms. The molecule has 0 aliphatic carbocycles. The van der Waals surface area contributed by atoms with Crippen molar-refractivity contribution in [1.82, 2.24) is 15.1 Å². The standard InChI is InChI=1S/C14H16F3N3O.ClH/c1-20-13(14(15,16)17)7-11(19-20)9-18-8-10-5-3-4-6-12(10)21-2;/h3-7,18H,8-9H2,1-2H3;1H. The van der Waals surface area contributed by atoms with Crippen LogP contribution >= 0.6 is 12.4 Å². The van der Waals surface area contributed by atoms with Crippen LogP contribution in [0.15, 0.2) is 30.3 Å². The van der Waals surface area contributed by atoms with Crippen LogP contribution in [0.1, 0.15) is 17.0 Å². The van der Waals surface area contributed by atoms with Gasteiger partial charge in [0.15, 0.2) is 0 Å². The van der Waals surface area contributed by atoms with E-state index in [-0.39, 0.29) is 19.0 Å². The molecule has 0 amide bonds. The van der Waals surface area contributed by atoms with Gasteiger partial charge in [0.1, 0.15) is 11.4 Å². The monoisotopic (exact) mass is 335 g/mol. The van der Waals surface area contributed by atoms with Gasteiger partial charge in [0.2, 0.25) is 0 Å². The highest BCUT2D eigenvalue weighted by Crippen LogP contribution is 2.29. The van der Waals surface area contributed by atoms with Gasteiger partial charge in [-0.05, 0) is 12.1 Å². The third kappa shape index (κ3) is 4.38. The van der Waals surface area contributed by atoms with E-state index >= 15 is 0 Å². The summed E-state index contributed by atoms with van der Waals surface area (Å²) in [5.41, 5.74) is 0.531. The molecule has 1 aromatic heterocycles. The Hall–Kier alpha value is -1.73. The number of hydrogen-bond acceptors (Lipinski definition) is 3. The Morgan fingerprint density at radius 3 is 2.50 bits per heavy atom. The number of benzene rings is 1. The Balaban J connectivity index is 0.00000242. The summed E-state index contributed by atoms with van der Waals surface area (Å²) in [4.78, 5) is 0. The smallest absolute Gasteiger partial charge is 0.433 e. The van der Waals surface area contributed by atoms with Crippen LogP contribution in [0.4, 0.5) is 13.2 Å². The van der Waals surface area contributed by atoms with Gasteiger partial charge in [0, 0.05) is 25.7 Å². The summed E-state index contributed by atoms with van der Waals surface area (Å²) >= 11 is 0. The topological polar surface area (TPSA) is 39.1 Å². The van der Waals surface area contributed by atoms with Gasteiger partial charge in [0.05, 0.1) is 12.8 Å². The van der Waals surface area contributed by atoms with E-state index in [9.17, 15) is 13.2 Å². The van der Waals surface area contributed by atoms with Crippen LogP contribution in [-0.4, -0.2) is 16.9 Å². The second-order valence-corrected chi connectivity index (χ2v) is 4.56. The van der Waals surface area contributed by atoms with Crippen molar-refractivity contribution in [3.05, 3.63) is 47.3 Å². The van der Waals surface area contributed by atoms with Crippen LogP contribution in [0, 0.1) is 0 Å². The fourth-order valence-electron chi connectivity index (χ4n) is 2.05. The zero-order valence-corrected chi connectivity index (χ0v) is 13.0. The lowest BCUT2D eigenvalue weighted by atomic mass is 10.2. The van der Waals surface area contributed by atoms with E-state index in [2.05, 4.69) is 10.4 Å². The minimum Gasteiger partial charge on any atom is -0.496 e. The predicted molar refractivity (Wildman–Crippen MR) is 79.0 cm³/mol. The van der Waals surface area contributed by atoms with Gasteiger partial charge in [-0.3, -0.25) is 4.68 Å². The first-order valence-corrected chi connectivity index (χ1v) is 6.34. The Labute approximate surface area is 132 Å². The average Bonchev–Trinajstić information content (AvgIpc) is 2.80. The number of aromatic nitrogens is 2. The molecule has 0 aliphatic rings. The molecule has 0 saturated heterocycles. The van der Waals surface area contributed by atoms with Crippen molar-refractivity contribution < 1.29 is 17.9 Å². The number of aryl methyl sites for hydroxylation is 1. The molecule has 0 aliphatic heterocycles. The Kier molecular flexibility index (Phi) is 6.25. The van der Waals surface area contributed by atoms with Gasteiger partial charge in [-0.1, -0.05) is 18.2 Å². The van der Waals surface area contributed by atoms with Gasteiger partial charge in [0.25, 0.3) is 0 Å². The molecule has 1 heterocycles. The van der Waals surface area contributed by atoms with Crippen LogP contribution in [0.3, 0.4) is 0 Å². The van der Waals surface area contributed by atoms with E-state index in [1.54, 1.807) is 7.11 Å². The number of nitrogens with zero attached hydrogens (tertiary/aromatic N) is 2. The Bertz CT molecular complexity index is 614. The number of ether oxygens (including phenoxy) is 1. The number of methoxy groups -OCH3 is 1. The molecular weight excluding hydrogens is 319 g/mol. The van der Waals surface area contributed by atoms with Crippen LogP contribution < -0.4 is 10.1 Å². The summed E-state index contributed by atoms with van der Waals surface area (Å²) in [7, 11) is 2.86. The largest absolute Gasteiger partial charge is 0.496 e. The van der Waals surface area contributed by atoms with E-state index in [1.165, 1.54) is 7.05 Å². The molecule has 0 radical (unpaired) electrons. The van der Waals surface area contributed by atoms with Gasteiger partial charge >= 0.3 is 6.18 Å². The van der Waals surface area contributed by atoms with Crippen molar-refractivity contribution in [3.63, 3.8) is 0 Å². The highest BCUT2D eigenvalue weighted by molar-refractivity contribution is 5.85. The van der Waals surface area contributed by atoms with Crippen molar-refractivity contribution in [1.29, 1.82) is 0 Å². The molecule has 0 saturated carbocycles. The highest BCUT2D eigenvalue weighted by atomic mass is 35.5. The van der Waals surface area contributed by atoms with E-state index in [4.69, 9.17) is 4.74 Å². The molecule has 0 atom stereocenters. The number of halogens is 4. The van der Waals surface area contributed by atoms with E-state index in [0.717, 1.165) is 22.1 Å². The van der Waals surface area contributed by atoms with E-state index in [1.807, 2.05) is 24.3 Å². The van der Waals surface area contributed by atoms with E-state index < -0.39 is 11.9 Å². The van der Waals surface area contributed by atoms with Crippen LogP contribution in [0.5, 0.6) is 5.75 Å². The van der Waals surface area contributed by atoms with Crippen molar-refractivity contribution in [2.45, 2.75) is 19.3 Å². The molecule has 1 aromatic carbocycles. The summed E-state index contributed by atoms with van der Waals surface area (Å²) in [6, 6.07) is 8.51. The number of hydrogen-bond donors (Lipinski definition) is 1. The minimum absolute atomic E-state index is 0. The predicted octanol–water partition coefficient (Wildman–Crippen LogP) is 3.16. The SMILES string of the molecule is COc1ccccc1CNCc1cc(C(F)(F)F)n(C)n1.Cl. The minimum atomic E-state index is -4.39. The van der Waals surface area contributed by atoms with Crippen molar-refractivity contribution >= 4 is 12.4 Å². The summed E-state index contributed by atoms with van der Waals surface area (Å²) in [6.45, 7) is 0.740. The van der Waals surface area contributed by atoms with E-state index in [0.29, 0.717) is 12.2 Å². The third-order valence-corrected chi connectivity index (χ3v) is 3.03. The van der Waals surface area contributed by atoms with Crippen LogP contribution in [0.25, 0.3) is 0 Å². The normalized spacial score (nSPS) is 11.1. The first kappa shape index (κ1) is 18.3. The molecule has 1 N–H and O–H groups in total. The lowest BCUT2D eigenvalue weighted by Crippen LogP contribution is -2.14. The number of para-hydroxylation sites is 1. The highest BCUT2D eigenvalue weighted by Gasteiger charge is 2.34. The van der Waals surface area contributed by atoms with Gasteiger partial charge in [-0.25, -0.2) is 0 Å². The maximum absolute atomic E-state index is 12.7. The molecule has 8 heteroatoms. The van der Waals surface area contributed by atoms with Gasteiger partial charge in [-0.2, -0.15) is 18.3 Å². The average molecular weight is 336 g/mol. The lowest BCUT2D eigenvalue weighted by Gasteiger charge is -2.08.